The zero-order valence-electron chi connectivity index (χ0n) is 15.4. The second-order valence-electron chi connectivity index (χ2n) is 6.78. The molecule has 2 aromatic rings. The van der Waals surface area contributed by atoms with Crippen LogP contribution in [-0.2, 0) is 16.0 Å². The van der Waals surface area contributed by atoms with E-state index in [0.717, 1.165) is 38.1 Å². The minimum Gasteiger partial charge on any atom is -0.492 e. The van der Waals surface area contributed by atoms with Gasteiger partial charge in [0.25, 0.3) is 0 Å². The van der Waals surface area contributed by atoms with Gasteiger partial charge in [-0.25, -0.2) is 0 Å². The monoisotopic (exact) mass is 353 g/mol. The van der Waals surface area contributed by atoms with Gasteiger partial charge in [-0.3, -0.25) is 9.69 Å². The van der Waals surface area contributed by atoms with E-state index in [1.807, 2.05) is 18.2 Å². The number of rotatable bonds is 8. The highest BCUT2D eigenvalue weighted by atomic mass is 16.5. The van der Waals surface area contributed by atoms with Gasteiger partial charge in [-0.1, -0.05) is 42.5 Å². The van der Waals surface area contributed by atoms with E-state index in [4.69, 9.17) is 9.47 Å². The van der Waals surface area contributed by atoms with Crippen LogP contribution in [0.2, 0.25) is 0 Å². The van der Waals surface area contributed by atoms with Crippen LogP contribution in [0.5, 0.6) is 5.75 Å². The molecule has 0 N–H and O–H groups in total. The van der Waals surface area contributed by atoms with Crippen LogP contribution in [0.1, 0.15) is 30.4 Å². The number of methoxy groups -OCH3 is 1. The molecule has 0 saturated carbocycles. The SMILES string of the molecule is COC(=O)CCN1CCC[C@@H]1COc1ccc(Cc2ccccc2)cc1. The van der Waals surface area contributed by atoms with E-state index in [-0.39, 0.29) is 5.97 Å². The molecule has 1 aliphatic heterocycles. The van der Waals surface area contributed by atoms with Crippen LogP contribution < -0.4 is 4.74 Å². The second kappa shape index (κ2) is 9.39. The Balaban J connectivity index is 1.47. The third-order valence-corrected chi connectivity index (χ3v) is 4.95. The Kier molecular flexibility index (Phi) is 6.67. The number of benzene rings is 2. The van der Waals surface area contributed by atoms with Gasteiger partial charge >= 0.3 is 5.97 Å². The fraction of sp³-hybridized carbons (Fsp3) is 0.409. The Morgan fingerprint density at radius 2 is 1.81 bits per heavy atom. The van der Waals surface area contributed by atoms with Gasteiger partial charge < -0.3 is 9.47 Å². The summed E-state index contributed by atoms with van der Waals surface area (Å²) in [6.45, 7) is 2.44. The van der Waals surface area contributed by atoms with Crippen LogP contribution in [-0.4, -0.2) is 43.7 Å². The molecule has 1 heterocycles. The third kappa shape index (κ3) is 5.33. The van der Waals surface area contributed by atoms with Crippen LogP contribution in [0, 0.1) is 0 Å². The molecular formula is C22H27NO3. The first-order valence-corrected chi connectivity index (χ1v) is 9.31. The summed E-state index contributed by atoms with van der Waals surface area (Å²) < 4.78 is 10.7. The molecule has 2 aromatic carbocycles. The molecule has 3 rings (SSSR count). The minimum absolute atomic E-state index is 0.148. The maximum atomic E-state index is 11.3. The van der Waals surface area contributed by atoms with Crippen molar-refractivity contribution in [2.45, 2.75) is 31.7 Å². The largest absolute Gasteiger partial charge is 0.492 e. The lowest BCUT2D eigenvalue weighted by Gasteiger charge is -2.24. The Bertz CT molecular complexity index is 684. The Morgan fingerprint density at radius 3 is 2.54 bits per heavy atom. The molecule has 0 aliphatic carbocycles. The van der Waals surface area contributed by atoms with Crippen molar-refractivity contribution < 1.29 is 14.3 Å². The van der Waals surface area contributed by atoms with Crippen LogP contribution >= 0.6 is 0 Å². The van der Waals surface area contributed by atoms with E-state index in [1.165, 1.54) is 18.2 Å². The van der Waals surface area contributed by atoms with Crippen molar-refractivity contribution in [3.8, 4) is 5.75 Å². The highest BCUT2D eigenvalue weighted by Crippen LogP contribution is 2.20. The van der Waals surface area contributed by atoms with Gasteiger partial charge in [0.2, 0.25) is 0 Å². The van der Waals surface area contributed by atoms with Gasteiger partial charge in [-0.05, 0) is 49.1 Å². The molecule has 0 bridgehead atoms. The van der Waals surface area contributed by atoms with E-state index in [9.17, 15) is 4.79 Å². The Morgan fingerprint density at radius 1 is 1.08 bits per heavy atom. The van der Waals surface area contributed by atoms with Gasteiger partial charge in [-0.15, -0.1) is 0 Å². The maximum absolute atomic E-state index is 11.3. The first kappa shape index (κ1) is 18.5. The number of esters is 1. The molecule has 4 heteroatoms. The van der Waals surface area contributed by atoms with Crippen molar-refractivity contribution in [2.24, 2.45) is 0 Å². The van der Waals surface area contributed by atoms with Crippen LogP contribution in [0.15, 0.2) is 54.6 Å². The molecule has 4 nitrogen and oxygen atoms in total. The zero-order valence-corrected chi connectivity index (χ0v) is 15.4. The second-order valence-corrected chi connectivity index (χ2v) is 6.78. The number of hydrogen-bond donors (Lipinski definition) is 0. The molecule has 1 atom stereocenters. The normalized spacial score (nSPS) is 17.2. The number of hydrogen-bond acceptors (Lipinski definition) is 4. The average molecular weight is 353 g/mol. The van der Waals surface area contributed by atoms with E-state index in [0.29, 0.717) is 19.1 Å². The molecule has 1 aliphatic rings. The molecular weight excluding hydrogens is 326 g/mol. The highest BCUT2D eigenvalue weighted by Gasteiger charge is 2.25. The van der Waals surface area contributed by atoms with Crippen molar-refractivity contribution in [1.29, 1.82) is 0 Å². The number of carbonyl (C=O) groups excluding carboxylic acids is 1. The summed E-state index contributed by atoms with van der Waals surface area (Å²) in [4.78, 5) is 13.7. The first-order chi connectivity index (χ1) is 12.7. The summed E-state index contributed by atoms with van der Waals surface area (Å²) in [5.41, 5.74) is 2.59. The molecule has 0 radical (unpaired) electrons. The quantitative estimate of drug-likeness (QED) is 0.679. The lowest BCUT2D eigenvalue weighted by Crippen LogP contribution is -2.35. The fourth-order valence-corrected chi connectivity index (χ4v) is 3.44. The smallest absolute Gasteiger partial charge is 0.306 e. The summed E-state index contributed by atoms with van der Waals surface area (Å²) in [5, 5.41) is 0. The Labute approximate surface area is 155 Å². The van der Waals surface area contributed by atoms with Crippen molar-refractivity contribution >= 4 is 5.97 Å². The molecule has 138 valence electrons. The summed E-state index contributed by atoms with van der Waals surface area (Å²) >= 11 is 0. The molecule has 0 amide bonds. The van der Waals surface area contributed by atoms with Crippen molar-refractivity contribution in [1.82, 2.24) is 4.90 Å². The van der Waals surface area contributed by atoms with Gasteiger partial charge in [0.1, 0.15) is 12.4 Å². The molecule has 26 heavy (non-hydrogen) atoms. The highest BCUT2D eigenvalue weighted by molar-refractivity contribution is 5.69. The molecule has 1 fully saturated rings. The van der Waals surface area contributed by atoms with Gasteiger partial charge in [-0.2, -0.15) is 0 Å². The summed E-state index contributed by atoms with van der Waals surface area (Å²) in [6, 6.07) is 19.2. The number of nitrogens with zero attached hydrogens (tertiary/aromatic N) is 1. The zero-order chi connectivity index (χ0) is 18.2. The molecule has 0 aromatic heterocycles. The van der Waals surface area contributed by atoms with E-state index in [2.05, 4.69) is 41.3 Å². The summed E-state index contributed by atoms with van der Waals surface area (Å²) in [5.74, 6) is 0.757. The number of carbonyl (C=O) groups is 1. The van der Waals surface area contributed by atoms with Gasteiger partial charge in [0.05, 0.1) is 13.5 Å². The van der Waals surface area contributed by atoms with Gasteiger partial charge in [0.15, 0.2) is 0 Å². The van der Waals surface area contributed by atoms with E-state index in [1.54, 1.807) is 0 Å². The van der Waals surface area contributed by atoms with Crippen molar-refractivity contribution in [3.05, 3.63) is 65.7 Å². The summed E-state index contributed by atoms with van der Waals surface area (Å²) in [6.07, 6.45) is 3.66. The number of likely N-dealkylation sites (tertiary alicyclic amines) is 1. The standard InChI is InChI=1S/C22H27NO3/c1-25-22(24)13-15-23-14-5-8-20(23)17-26-21-11-9-19(10-12-21)16-18-6-3-2-4-7-18/h2-4,6-7,9-12,20H,5,8,13-17H2,1H3/t20-/m1/s1. The molecule has 0 unspecified atom stereocenters. The van der Waals surface area contributed by atoms with Crippen LogP contribution in [0.3, 0.4) is 0 Å². The fourth-order valence-electron chi connectivity index (χ4n) is 3.44. The predicted molar refractivity (Wildman–Crippen MR) is 102 cm³/mol. The van der Waals surface area contributed by atoms with Gasteiger partial charge in [0, 0.05) is 12.6 Å². The van der Waals surface area contributed by atoms with Crippen LogP contribution in [0.25, 0.3) is 0 Å². The lowest BCUT2D eigenvalue weighted by atomic mass is 10.1. The molecule has 0 spiro atoms. The van der Waals surface area contributed by atoms with Crippen LogP contribution in [0.4, 0.5) is 0 Å². The van der Waals surface area contributed by atoms with E-state index >= 15 is 0 Å². The van der Waals surface area contributed by atoms with E-state index < -0.39 is 0 Å². The van der Waals surface area contributed by atoms with Crippen molar-refractivity contribution in [3.63, 3.8) is 0 Å². The topological polar surface area (TPSA) is 38.8 Å². The number of ether oxygens (including phenoxy) is 2. The average Bonchev–Trinajstić information content (AvgIpc) is 3.14. The third-order valence-electron chi connectivity index (χ3n) is 4.95. The Hall–Kier alpha value is -2.33. The predicted octanol–water partition coefficient (Wildman–Crippen LogP) is 3.68. The lowest BCUT2D eigenvalue weighted by molar-refractivity contribution is -0.141. The first-order valence-electron chi connectivity index (χ1n) is 9.31. The minimum atomic E-state index is -0.148. The van der Waals surface area contributed by atoms with Crippen molar-refractivity contribution in [2.75, 3.05) is 26.8 Å². The molecule has 1 saturated heterocycles. The summed E-state index contributed by atoms with van der Waals surface area (Å²) in [7, 11) is 1.44. The maximum Gasteiger partial charge on any atom is 0.306 e.